The molecule has 7 heteroatoms. The summed E-state index contributed by atoms with van der Waals surface area (Å²) >= 11 is 1.57. The number of aromatic nitrogens is 4. The minimum atomic E-state index is -0.341. The monoisotopic (exact) mass is 258 g/mol. The van der Waals surface area contributed by atoms with Gasteiger partial charge in [0.1, 0.15) is 0 Å². The van der Waals surface area contributed by atoms with E-state index in [1.54, 1.807) is 30.7 Å². The van der Waals surface area contributed by atoms with Gasteiger partial charge < -0.3 is 9.47 Å². The number of ether oxygens (including phenoxy) is 2. The Kier molecular flexibility index (Phi) is 6.17. The van der Waals surface area contributed by atoms with Gasteiger partial charge in [-0.1, -0.05) is 30.8 Å². The highest BCUT2D eigenvalue weighted by molar-refractivity contribution is 7.99. The van der Waals surface area contributed by atoms with E-state index in [-0.39, 0.29) is 6.29 Å². The molecule has 1 aromatic heterocycles. The Bertz CT molecular complexity index is 352. The van der Waals surface area contributed by atoms with E-state index in [1.165, 1.54) is 5.57 Å². The summed E-state index contributed by atoms with van der Waals surface area (Å²) in [7, 11) is 3.18. The topological polar surface area (TPSA) is 62.1 Å². The van der Waals surface area contributed by atoms with Crippen LogP contribution in [0.2, 0.25) is 0 Å². The van der Waals surface area contributed by atoms with Crippen LogP contribution in [0.4, 0.5) is 0 Å². The molecule has 0 bridgehead atoms. The lowest BCUT2D eigenvalue weighted by atomic mass is 10.3. The number of hydrogen-bond acceptors (Lipinski definition) is 6. The molecule has 0 N–H and O–H groups in total. The van der Waals surface area contributed by atoms with Crippen molar-refractivity contribution >= 4 is 11.8 Å². The molecule has 1 heterocycles. The van der Waals surface area contributed by atoms with Crippen molar-refractivity contribution in [3.8, 4) is 0 Å². The normalized spacial score (nSPS) is 11.1. The Morgan fingerprint density at radius 2 is 2.18 bits per heavy atom. The van der Waals surface area contributed by atoms with Gasteiger partial charge in [-0.05, 0) is 16.8 Å². The van der Waals surface area contributed by atoms with Crippen LogP contribution in [0.1, 0.15) is 13.3 Å². The van der Waals surface area contributed by atoms with Crippen molar-refractivity contribution in [1.82, 2.24) is 20.2 Å². The van der Waals surface area contributed by atoms with Gasteiger partial charge in [0, 0.05) is 20.0 Å². The Hall–Kier alpha value is -0.920. The molecule has 17 heavy (non-hydrogen) atoms. The molecule has 1 aromatic rings. The molecule has 0 radical (unpaired) electrons. The lowest BCUT2D eigenvalue weighted by Gasteiger charge is -2.13. The van der Waals surface area contributed by atoms with Gasteiger partial charge in [0.2, 0.25) is 5.16 Å². The van der Waals surface area contributed by atoms with Crippen LogP contribution in [0.25, 0.3) is 0 Å². The zero-order valence-electron chi connectivity index (χ0n) is 10.4. The smallest absolute Gasteiger partial charge is 0.209 e. The lowest BCUT2D eigenvalue weighted by Crippen LogP contribution is -2.22. The standard InChI is InChI=1S/C10H18N4O2S/c1-5-8(2)7-17-10-11-12-13-14(10)6-9(15-3)16-4/h9H,2,5-7H2,1,3-4H3. The maximum Gasteiger partial charge on any atom is 0.209 e. The van der Waals surface area contributed by atoms with Crippen molar-refractivity contribution in [1.29, 1.82) is 0 Å². The highest BCUT2D eigenvalue weighted by Crippen LogP contribution is 2.18. The number of methoxy groups -OCH3 is 2. The maximum absolute atomic E-state index is 5.11. The Balaban J connectivity index is 2.56. The van der Waals surface area contributed by atoms with Crippen LogP contribution >= 0.6 is 11.8 Å². The number of nitrogens with zero attached hydrogens (tertiary/aromatic N) is 4. The maximum atomic E-state index is 5.11. The van der Waals surface area contributed by atoms with Gasteiger partial charge in [-0.2, -0.15) is 0 Å². The first kappa shape index (κ1) is 14.1. The molecule has 0 aliphatic rings. The molecule has 6 nitrogen and oxygen atoms in total. The summed E-state index contributed by atoms with van der Waals surface area (Å²) in [6, 6.07) is 0. The minimum Gasteiger partial charge on any atom is -0.354 e. The summed E-state index contributed by atoms with van der Waals surface area (Å²) in [4.78, 5) is 0. The van der Waals surface area contributed by atoms with Crippen molar-refractivity contribution < 1.29 is 9.47 Å². The van der Waals surface area contributed by atoms with Gasteiger partial charge in [-0.3, -0.25) is 0 Å². The third kappa shape index (κ3) is 4.45. The molecule has 0 saturated carbocycles. The van der Waals surface area contributed by atoms with Crippen molar-refractivity contribution in [2.24, 2.45) is 0 Å². The fraction of sp³-hybridized carbons (Fsp3) is 0.700. The summed E-state index contributed by atoms with van der Waals surface area (Å²) in [6.45, 7) is 6.50. The quantitative estimate of drug-likeness (QED) is 0.398. The van der Waals surface area contributed by atoms with E-state index < -0.39 is 0 Å². The van der Waals surface area contributed by atoms with Crippen LogP contribution in [0.5, 0.6) is 0 Å². The fourth-order valence-corrected chi connectivity index (χ4v) is 1.96. The summed E-state index contributed by atoms with van der Waals surface area (Å²) < 4.78 is 11.9. The van der Waals surface area contributed by atoms with E-state index in [1.807, 2.05) is 0 Å². The summed E-state index contributed by atoms with van der Waals surface area (Å²) in [5.74, 6) is 0.821. The largest absolute Gasteiger partial charge is 0.354 e. The molecule has 0 unspecified atom stereocenters. The van der Waals surface area contributed by atoms with Gasteiger partial charge >= 0.3 is 0 Å². The SMILES string of the molecule is C=C(CC)CSc1nnnn1CC(OC)OC. The van der Waals surface area contributed by atoms with Crippen LogP contribution in [0.15, 0.2) is 17.3 Å². The molecule has 1 rings (SSSR count). The Morgan fingerprint density at radius 3 is 2.76 bits per heavy atom. The number of tetrazole rings is 1. The van der Waals surface area contributed by atoms with E-state index in [2.05, 4.69) is 29.0 Å². The van der Waals surface area contributed by atoms with Crippen LogP contribution in [0, 0.1) is 0 Å². The van der Waals surface area contributed by atoms with Crippen LogP contribution < -0.4 is 0 Å². The summed E-state index contributed by atoms with van der Waals surface area (Å²) in [6.07, 6.45) is 0.625. The number of hydrogen-bond donors (Lipinski definition) is 0. The average Bonchev–Trinajstić information content (AvgIpc) is 2.80. The predicted octanol–water partition coefficient (Wildman–Crippen LogP) is 1.35. The van der Waals surface area contributed by atoms with Crippen molar-refractivity contribution in [3.63, 3.8) is 0 Å². The number of thioether (sulfide) groups is 1. The van der Waals surface area contributed by atoms with Gasteiger partial charge in [-0.25, -0.2) is 4.68 Å². The van der Waals surface area contributed by atoms with Crippen LogP contribution in [-0.4, -0.2) is 46.5 Å². The van der Waals surface area contributed by atoms with E-state index in [9.17, 15) is 0 Å². The first-order valence-corrected chi connectivity index (χ1v) is 6.31. The Labute approximate surface area is 105 Å². The fourth-order valence-electron chi connectivity index (χ4n) is 1.07. The molecule has 96 valence electrons. The second kappa shape index (κ2) is 7.41. The third-order valence-electron chi connectivity index (χ3n) is 2.25. The van der Waals surface area contributed by atoms with Crippen molar-refractivity contribution in [3.05, 3.63) is 12.2 Å². The Morgan fingerprint density at radius 1 is 1.47 bits per heavy atom. The van der Waals surface area contributed by atoms with Crippen LogP contribution in [0.3, 0.4) is 0 Å². The predicted molar refractivity (Wildman–Crippen MR) is 65.8 cm³/mol. The molecule has 0 aliphatic carbocycles. The van der Waals surface area contributed by atoms with Gasteiger partial charge in [0.25, 0.3) is 0 Å². The second-order valence-corrected chi connectivity index (χ2v) is 4.38. The van der Waals surface area contributed by atoms with Gasteiger partial charge in [0.15, 0.2) is 6.29 Å². The van der Waals surface area contributed by atoms with E-state index >= 15 is 0 Å². The average molecular weight is 258 g/mol. The lowest BCUT2D eigenvalue weighted by molar-refractivity contribution is -0.113. The molecule has 0 spiro atoms. The van der Waals surface area contributed by atoms with Gasteiger partial charge in [0.05, 0.1) is 6.54 Å². The summed E-state index contributed by atoms with van der Waals surface area (Å²) in [5, 5.41) is 12.3. The van der Waals surface area contributed by atoms with E-state index in [4.69, 9.17) is 9.47 Å². The van der Waals surface area contributed by atoms with Crippen LogP contribution in [-0.2, 0) is 16.0 Å². The zero-order chi connectivity index (χ0) is 12.7. The van der Waals surface area contributed by atoms with E-state index in [0.717, 1.165) is 17.3 Å². The highest BCUT2D eigenvalue weighted by atomic mass is 32.2. The van der Waals surface area contributed by atoms with Gasteiger partial charge in [-0.15, -0.1) is 5.10 Å². The molecule has 0 fully saturated rings. The molecule has 0 atom stereocenters. The third-order valence-corrected chi connectivity index (χ3v) is 3.36. The van der Waals surface area contributed by atoms with Crippen molar-refractivity contribution in [2.45, 2.75) is 31.3 Å². The first-order chi connectivity index (χ1) is 8.21. The van der Waals surface area contributed by atoms with Crippen molar-refractivity contribution in [2.75, 3.05) is 20.0 Å². The molecule has 0 aliphatic heterocycles. The number of rotatable bonds is 8. The highest BCUT2D eigenvalue weighted by Gasteiger charge is 2.12. The molecular weight excluding hydrogens is 240 g/mol. The van der Waals surface area contributed by atoms with E-state index in [0.29, 0.717) is 6.54 Å². The molecule has 0 amide bonds. The molecule has 0 saturated heterocycles. The molecule has 0 aromatic carbocycles. The summed E-state index contributed by atoms with van der Waals surface area (Å²) in [5.41, 5.74) is 1.17. The minimum absolute atomic E-state index is 0.341. The molecular formula is C10H18N4O2S. The zero-order valence-corrected chi connectivity index (χ0v) is 11.2. The second-order valence-electron chi connectivity index (χ2n) is 3.44. The first-order valence-electron chi connectivity index (χ1n) is 5.32.